The van der Waals surface area contributed by atoms with Crippen LogP contribution in [0, 0.1) is 0 Å². The van der Waals surface area contributed by atoms with Crippen molar-refractivity contribution in [3.63, 3.8) is 0 Å². The Morgan fingerprint density at radius 2 is 1.41 bits per heavy atom. The van der Waals surface area contributed by atoms with Crippen LogP contribution in [-0.2, 0) is 0 Å². The minimum atomic E-state index is 0.779. The third-order valence-electron chi connectivity index (χ3n) is 3.29. The summed E-state index contributed by atoms with van der Waals surface area (Å²) in [6.07, 6.45) is 1.91. The van der Waals surface area contributed by atoms with Crippen LogP contribution in [-0.4, -0.2) is 24.0 Å². The van der Waals surface area contributed by atoms with Crippen LogP contribution in [0.1, 0.15) is 0 Å². The lowest BCUT2D eigenvalue weighted by Gasteiger charge is -2.05. The van der Waals surface area contributed by atoms with Crippen molar-refractivity contribution in [3.8, 4) is 17.2 Å². The highest BCUT2D eigenvalue weighted by Gasteiger charge is 2.02. The number of rotatable bonds is 5. The minimum Gasteiger partial charge on any atom is -0.497 e. The topological polar surface area (TPSA) is 48.3 Å². The van der Waals surface area contributed by atoms with Gasteiger partial charge in [0.05, 0.1) is 19.9 Å². The van der Waals surface area contributed by atoms with Crippen LogP contribution >= 0.6 is 0 Å². The maximum atomic E-state index is 5.16. The first-order valence-electron chi connectivity index (χ1n) is 6.89. The fraction of sp³-hybridized carbons (Fsp3) is 0.118. The molecule has 0 aliphatic rings. The number of nitrogens with one attached hydrogen (secondary N) is 1. The highest BCUT2D eigenvalue weighted by Crippen LogP contribution is 2.20. The van der Waals surface area contributed by atoms with Crippen LogP contribution < -0.4 is 14.8 Å². The van der Waals surface area contributed by atoms with Gasteiger partial charge in [-0.25, -0.2) is 4.68 Å². The Bertz CT molecular complexity index is 733. The molecule has 1 heterocycles. The monoisotopic (exact) mass is 295 g/mol. The average Bonchev–Trinajstić information content (AvgIpc) is 3.04. The van der Waals surface area contributed by atoms with Gasteiger partial charge in [-0.2, -0.15) is 5.10 Å². The lowest BCUT2D eigenvalue weighted by molar-refractivity contribution is 0.414. The van der Waals surface area contributed by atoms with Gasteiger partial charge in [0.25, 0.3) is 0 Å². The first-order valence-corrected chi connectivity index (χ1v) is 6.89. The molecule has 0 aliphatic carbocycles. The van der Waals surface area contributed by atoms with Gasteiger partial charge in [-0.15, -0.1) is 0 Å². The van der Waals surface area contributed by atoms with Gasteiger partial charge in [0.15, 0.2) is 5.82 Å². The van der Waals surface area contributed by atoms with Crippen LogP contribution in [0.3, 0.4) is 0 Å². The number of nitrogens with zero attached hydrogens (tertiary/aromatic N) is 2. The third-order valence-corrected chi connectivity index (χ3v) is 3.29. The van der Waals surface area contributed by atoms with E-state index in [2.05, 4.69) is 10.4 Å². The van der Waals surface area contributed by atoms with E-state index in [0.29, 0.717) is 0 Å². The zero-order chi connectivity index (χ0) is 15.4. The maximum absolute atomic E-state index is 5.16. The fourth-order valence-corrected chi connectivity index (χ4v) is 2.09. The molecule has 0 bridgehead atoms. The Morgan fingerprint density at radius 3 is 2.00 bits per heavy atom. The van der Waals surface area contributed by atoms with Gasteiger partial charge < -0.3 is 14.8 Å². The molecular weight excluding hydrogens is 278 g/mol. The second-order valence-corrected chi connectivity index (χ2v) is 4.70. The molecule has 0 saturated heterocycles. The fourth-order valence-electron chi connectivity index (χ4n) is 2.09. The van der Waals surface area contributed by atoms with Crippen LogP contribution in [0.4, 0.5) is 11.5 Å². The summed E-state index contributed by atoms with van der Waals surface area (Å²) in [7, 11) is 3.30. The molecule has 112 valence electrons. The summed E-state index contributed by atoms with van der Waals surface area (Å²) in [6.45, 7) is 0. The van der Waals surface area contributed by atoms with Crippen LogP contribution in [0.15, 0.2) is 60.8 Å². The highest BCUT2D eigenvalue weighted by atomic mass is 16.5. The molecule has 0 aliphatic heterocycles. The molecule has 5 nitrogen and oxygen atoms in total. The van der Waals surface area contributed by atoms with E-state index >= 15 is 0 Å². The maximum Gasteiger partial charge on any atom is 0.152 e. The normalized spacial score (nSPS) is 10.3. The highest BCUT2D eigenvalue weighted by molar-refractivity contribution is 5.57. The Labute approximate surface area is 129 Å². The lowest BCUT2D eigenvalue weighted by Crippen LogP contribution is -1.97. The van der Waals surface area contributed by atoms with Crippen LogP contribution in [0.25, 0.3) is 5.69 Å². The molecule has 0 radical (unpaired) electrons. The van der Waals surface area contributed by atoms with Gasteiger partial charge in [0.1, 0.15) is 11.5 Å². The van der Waals surface area contributed by atoms with E-state index in [-0.39, 0.29) is 0 Å². The first-order chi connectivity index (χ1) is 10.8. The summed E-state index contributed by atoms with van der Waals surface area (Å²) in [6, 6.07) is 17.4. The minimum absolute atomic E-state index is 0.779. The summed E-state index contributed by atoms with van der Waals surface area (Å²) in [5.41, 5.74) is 1.93. The molecule has 0 spiro atoms. The van der Waals surface area contributed by atoms with Gasteiger partial charge in [-0.3, -0.25) is 0 Å². The predicted octanol–water partition coefficient (Wildman–Crippen LogP) is 3.63. The zero-order valence-corrected chi connectivity index (χ0v) is 12.5. The van der Waals surface area contributed by atoms with Crippen molar-refractivity contribution in [1.29, 1.82) is 0 Å². The smallest absolute Gasteiger partial charge is 0.152 e. The van der Waals surface area contributed by atoms with Crippen molar-refractivity contribution in [2.75, 3.05) is 19.5 Å². The van der Waals surface area contributed by atoms with Crippen molar-refractivity contribution < 1.29 is 9.47 Å². The summed E-state index contributed by atoms with van der Waals surface area (Å²) in [4.78, 5) is 0. The van der Waals surface area contributed by atoms with Crippen molar-refractivity contribution in [2.45, 2.75) is 0 Å². The lowest BCUT2D eigenvalue weighted by atomic mass is 10.3. The molecule has 0 atom stereocenters. The van der Waals surface area contributed by atoms with Gasteiger partial charge >= 0.3 is 0 Å². The van der Waals surface area contributed by atoms with Gasteiger partial charge in [-0.1, -0.05) is 0 Å². The van der Waals surface area contributed by atoms with Crippen molar-refractivity contribution in [2.24, 2.45) is 0 Å². The van der Waals surface area contributed by atoms with E-state index in [1.165, 1.54) is 0 Å². The average molecular weight is 295 g/mol. The van der Waals surface area contributed by atoms with Crippen molar-refractivity contribution in [1.82, 2.24) is 9.78 Å². The second-order valence-electron chi connectivity index (χ2n) is 4.70. The molecule has 0 fully saturated rings. The number of methoxy groups -OCH3 is 2. The molecule has 5 heteroatoms. The molecule has 0 saturated carbocycles. The van der Waals surface area contributed by atoms with Gasteiger partial charge in [-0.05, 0) is 48.5 Å². The molecule has 1 aromatic heterocycles. The molecule has 3 rings (SSSR count). The van der Waals surface area contributed by atoms with Gasteiger partial charge in [0.2, 0.25) is 0 Å². The molecule has 0 amide bonds. The largest absolute Gasteiger partial charge is 0.497 e. The van der Waals surface area contributed by atoms with E-state index in [4.69, 9.17) is 9.47 Å². The summed E-state index contributed by atoms with van der Waals surface area (Å²) >= 11 is 0. The van der Waals surface area contributed by atoms with E-state index in [0.717, 1.165) is 28.7 Å². The number of ether oxygens (including phenoxy) is 2. The first kappa shape index (κ1) is 14.0. The third kappa shape index (κ3) is 3.03. The van der Waals surface area contributed by atoms with E-state index in [1.54, 1.807) is 14.2 Å². The molecule has 2 aromatic carbocycles. The summed E-state index contributed by atoms with van der Waals surface area (Å²) < 4.78 is 12.1. The zero-order valence-electron chi connectivity index (χ0n) is 12.5. The summed E-state index contributed by atoms with van der Waals surface area (Å²) in [5.74, 6) is 2.43. The van der Waals surface area contributed by atoms with Crippen LogP contribution in [0.2, 0.25) is 0 Å². The molecule has 1 N–H and O–H groups in total. The number of anilines is 2. The Kier molecular flexibility index (Phi) is 3.96. The number of hydrogen-bond acceptors (Lipinski definition) is 4. The molecular formula is C17H17N3O2. The SMILES string of the molecule is COc1ccc(Nc2ccn(-c3ccc(OC)cc3)n2)cc1. The van der Waals surface area contributed by atoms with Gasteiger partial charge in [0, 0.05) is 18.0 Å². The number of hydrogen-bond donors (Lipinski definition) is 1. The second kappa shape index (κ2) is 6.22. The molecule has 3 aromatic rings. The molecule has 22 heavy (non-hydrogen) atoms. The Hall–Kier alpha value is -2.95. The summed E-state index contributed by atoms with van der Waals surface area (Å²) in [5, 5.41) is 7.76. The molecule has 0 unspecified atom stereocenters. The quantitative estimate of drug-likeness (QED) is 0.781. The van der Waals surface area contributed by atoms with E-state index in [1.807, 2.05) is 65.5 Å². The number of benzene rings is 2. The number of aromatic nitrogens is 2. The van der Waals surface area contributed by atoms with Crippen molar-refractivity contribution >= 4 is 11.5 Å². The standard InChI is InChI=1S/C17H17N3O2/c1-21-15-7-3-13(4-8-15)18-17-11-12-20(19-17)14-5-9-16(22-2)10-6-14/h3-12H,1-2H3,(H,18,19). The Balaban J connectivity index is 1.74. The van der Waals surface area contributed by atoms with E-state index in [9.17, 15) is 0 Å². The predicted molar refractivity (Wildman–Crippen MR) is 86.4 cm³/mol. The van der Waals surface area contributed by atoms with Crippen LogP contribution in [0.5, 0.6) is 11.5 Å². The van der Waals surface area contributed by atoms with E-state index < -0.39 is 0 Å². The Morgan fingerprint density at radius 1 is 0.818 bits per heavy atom. The van der Waals surface area contributed by atoms with Crippen molar-refractivity contribution in [3.05, 3.63) is 60.8 Å².